The molecule has 0 aliphatic rings. The lowest BCUT2D eigenvalue weighted by molar-refractivity contribution is 1.18. The van der Waals surface area contributed by atoms with Crippen molar-refractivity contribution in [3.05, 3.63) is 231 Å². The third kappa shape index (κ3) is 5.82. The van der Waals surface area contributed by atoms with Crippen molar-refractivity contribution in [2.24, 2.45) is 0 Å². The van der Waals surface area contributed by atoms with Gasteiger partial charge in [-0.25, -0.2) is 0 Å². The maximum atomic E-state index is 2.48. The lowest BCUT2D eigenvalue weighted by Gasteiger charge is -2.26. The van der Waals surface area contributed by atoms with Crippen LogP contribution in [0.1, 0.15) is 0 Å². The Hall–Kier alpha value is -7.68. The number of benzene rings is 10. The molecule has 0 aliphatic heterocycles. The van der Waals surface area contributed by atoms with Gasteiger partial charge in [0.25, 0.3) is 0 Å². The van der Waals surface area contributed by atoms with Crippen LogP contribution in [-0.2, 0) is 0 Å². The molecule has 0 amide bonds. The summed E-state index contributed by atoms with van der Waals surface area (Å²) < 4.78 is 2.48. The van der Waals surface area contributed by atoms with Gasteiger partial charge < -0.3 is 9.47 Å². The van der Waals surface area contributed by atoms with Crippen LogP contribution in [0, 0.1) is 0 Å². The molecule has 0 bridgehead atoms. The summed E-state index contributed by atoms with van der Waals surface area (Å²) in [6, 6.07) is 83.8. The second-order valence-corrected chi connectivity index (χ2v) is 15.0. The molecule has 0 aliphatic carbocycles. The highest BCUT2D eigenvalue weighted by atomic mass is 15.1. The third-order valence-corrected chi connectivity index (χ3v) is 11.5. The summed E-state index contributed by atoms with van der Waals surface area (Å²) in [7, 11) is 0. The first kappa shape index (κ1) is 33.6. The molecule has 0 saturated heterocycles. The molecule has 2 nitrogen and oxygen atoms in total. The molecule has 2 heteroatoms. The van der Waals surface area contributed by atoms with E-state index in [4.69, 9.17) is 0 Å². The van der Waals surface area contributed by atoms with Gasteiger partial charge in [-0.2, -0.15) is 0 Å². The fraction of sp³-hybridized carbons (Fsp3) is 0. The predicted molar refractivity (Wildman–Crippen MR) is 247 cm³/mol. The van der Waals surface area contributed by atoms with Crippen LogP contribution in [0.5, 0.6) is 0 Å². The van der Waals surface area contributed by atoms with Crippen molar-refractivity contribution in [2.75, 3.05) is 4.90 Å². The Balaban J connectivity index is 1.15. The van der Waals surface area contributed by atoms with E-state index in [2.05, 4.69) is 240 Å². The van der Waals surface area contributed by atoms with Crippen LogP contribution in [0.4, 0.5) is 17.1 Å². The van der Waals surface area contributed by atoms with Crippen molar-refractivity contribution in [3.8, 4) is 39.1 Å². The van der Waals surface area contributed by atoms with Gasteiger partial charge in [-0.3, -0.25) is 0 Å². The van der Waals surface area contributed by atoms with Crippen molar-refractivity contribution in [1.29, 1.82) is 0 Å². The second-order valence-electron chi connectivity index (χ2n) is 15.0. The van der Waals surface area contributed by atoms with Crippen LogP contribution in [0.2, 0.25) is 0 Å². The molecule has 0 fully saturated rings. The Morgan fingerprint density at radius 3 is 1.57 bits per heavy atom. The molecule has 272 valence electrons. The molecule has 11 rings (SSSR count). The smallest absolute Gasteiger partial charge is 0.0562 e. The number of aromatic nitrogens is 1. The van der Waals surface area contributed by atoms with Gasteiger partial charge in [-0.1, -0.05) is 164 Å². The minimum absolute atomic E-state index is 1.10. The maximum Gasteiger partial charge on any atom is 0.0562 e. The number of fused-ring (bicyclic) bond motifs is 5. The summed E-state index contributed by atoms with van der Waals surface area (Å²) in [6.07, 6.45) is 0. The molecule has 0 spiro atoms. The first-order chi connectivity index (χ1) is 28.8. The first-order valence-corrected chi connectivity index (χ1v) is 19.9. The number of para-hydroxylation sites is 2. The van der Waals surface area contributed by atoms with Crippen molar-refractivity contribution in [1.82, 2.24) is 4.57 Å². The number of hydrogen-bond donors (Lipinski definition) is 0. The highest BCUT2D eigenvalue weighted by Gasteiger charge is 2.22. The zero-order valence-corrected chi connectivity index (χ0v) is 31.8. The van der Waals surface area contributed by atoms with Gasteiger partial charge in [0.15, 0.2) is 0 Å². The van der Waals surface area contributed by atoms with Crippen molar-refractivity contribution >= 4 is 60.4 Å². The Bertz CT molecular complexity index is 3270. The summed E-state index contributed by atoms with van der Waals surface area (Å²) in [5.74, 6) is 0. The maximum absolute atomic E-state index is 2.48. The van der Waals surface area contributed by atoms with E-state index in [1.54, 1.807) is 0 Å². The van der Waals surface area contributed by atoms with E-state index in [0.29, 0.717) is 0 Å². The van der Waals surface area contributed by atoms with Crippen LogP contribution < -0.4 is 4.90 Å². The highest BCUT2D eigenvalue weighted by molar-refractivity contribution is 6.17. The molecule has 0 unspecified atom stereocenters. The third-order valence-electron chi connectivity index (χ3n) is 11.5. The standard InChI is InChI=1S/C56H38N2/c1-3-14-39(15-4-1)42-30-33-49(34-31-42)57(48-20-5-2-6-21-48)54-24-13-25-55-56(54)50-22-11-12-23-52(50)58(55)53-35-32-46(45-28-26-40-16-7-9-18-43(40)36-45)38-51(53)47-29-27-41-17-8-10-19-44(41)37-47/h1-38H. The van der Waals surface area contributed by atoms with E-state index < -0.39 is 0 Å². The van der Waals surface area contributed by atoms with Gasteiger partial charge in [0.1, 0.15) is 0 Å². The highest BCUT2D eigenvalue weighted by Crippen LogP contribution is 2.45. The summed E-state index contributed by atoms with van der Waals surface area (Å²) in [5, 5.41) is 7.36. The lowest BCUT2D eigenvalue weighted by atomic mass is 9.94. The van der Waals surface area contributed by atoms with Gasteiger partial charge >= 0.3 is 0 Å². The molecule has 0 atom stereocenters. The minimum Gasteiger partial charge on any atom is -0.310 e. The van der Waals surface area contributed by atoms with Crippen LogP contribution in [-0.4, -0.2) is 4.57 Å². The van der Waals surface area contributed by atoms with Crippen LogP contribution in [0.25, 0.3) is 82.4 Å². The molecule has 1 heterocycles. The Kier molecular flexibility index (Phi) is 8.19. The van der Waals surface area contributed by atoms with Crippen LogP contribution in [0.15, 0.2) is 231 Å². The quantitative estimate of drug-likeness (QED) is 0.158. The lowest BCUT2D eigenvalue weighted by Crippen LogP contribution is -2.10. The second kappa shape index (κ2) is 14.1. The number of nitrogens with zero attached hydrogens (tertiary/aromatic N) is 2. The molecule has 58 heavy (non-hydrogen) atoms. The van der Waals surface area contributed by atoms with Crippen LogP contribution in [0.3, 0.4) is 0 Å². The summed E-state index contributed by atoms with van der Waals surface area (Å²) in [6.45, 7) is 0. The normalized spacial score (nSPS) is 11.4. The average Bonchev–Trinajstić information content (AvgIpc) is 3.64. The Labute approximate surface area is 338 Å². The van der Waals surface area contributed by atoms with Gasteiger partial charge in [0.05, 0.1) is 22.4 Å². The molecule has 0 N–H and O–H groups in total. The zero-order valence-electron chi connectivity index (χ0n) is 31.8. The SMILES string of the molecule is c1ccc(-c2ccc(N(c3ccccc3)c3cccc4c3c3ccccc3n4-c3ccc(-c4ccc5ccccc5c4)cc3-c3ccc4ccccc4c3)cc2)cc1. The number of anilines is 3. The van der Waals surface area contributed by atoms with Crippen molar-refractivity contribution in [3.63, 3.8) is 0 Å². The Morgan fingerprint density at radius 1 is 0.310 bits per heavy atom. The van der Waals surface area contributed by atoms with Gasteiger partial charge in [0, 0.05) is 27.7 Å². The largest absolute Gasteiger partial charge is 0.310 e. The molecule has 0 radical (unpaired) electrons. The monoisotopic (exact) mass is 738 g/mol. The van der Waals surface area contributed by atoms with Gasteiger partial charge in [-0.15, -0.1) is 0 Å². The zero-order chi connectivity index (χ0) is 38.4. The van der Waals surface area contributed by atoms with E-state index in [1.165, 1.54) is 65.7 Å². The van der Waals surface area contributed by atoms with Crippen molar-refractivity contribution in [2.45, 2.75) is 0 Å². The summed E-state index contributed by atoms with van der Waals surface area (Å²) in [4.78, 5) is 2.40. The fourth-order valence-corrected chi connectivity index (χ4v) is 8.75. The van der Waals surface area contributed by atoms with E-state index in [9.17, 15) is 0 Å². The fourth-order valence-electron chi connectivity index (χ4n) is 8.75. The molecular weight excluding hydrogens is 701 g/mol. The van der Waals surface area contributed by atoms with Crippen LogP contribution >= 0.6 is 0 Å². The van der Waals surface area contributed by atoms with E-state index >= 15 is 0 Å². The topological polar surface area (TPSA) is 8.17 Å². The summed E-state index contributed by atoms with van der Waals surface area (Å²) >= 11 is 0. The van der Waals surface area contributed by atoms with E-state index in [0.717, 1.165) is 33.8 Å². The number of hydrogen-bond acceptors (Lipinski definition) is 1. The molecule has 0 saturated carbocycles. The first-order valence-electron chi connectivity index (χ1n) is 19.9. The minimum atomic E-state index is 1.10. The molecular formula is C56H38N2. The van der Waals surface area contributed by atoms with E-state index in [-0.39, 0.29) is 0 Å². The number of rotatable bonds is 7. The molecule has 10 aromatic carbocycles. The molecule has 11 aromatic rings. The summed E-state index contributed by atoms with van der Waals surface area (Å²) in [5.41, 5.74) is 14.0. The average molecular weight is 739 g/mol. The van der Waals surface area contributed by atoms with Crippen molar-refractivity contribution < 1.29 is 0 Å². The van der Waals surface area contributed by atoms with E-state index in [1.807, 2.05) is 0 Å². The Morgan fingerprint density at radius 2 is 0.828 bits per heavy atom. The molecule has 1 aromatic heterocycles. The van der Waals surface area contributed by atoms with Gasteiger partial charge in [-0.05, 0) is 116 Å². The predicted octanol–water partition coefficient (Wildman–Crippen LogP) is 15.6. The van der Waals surface area contributed by atoms with Gasteiger partial charge in [0.2, 0.25) is 0 Å².